The first kappa shape index (κ1) is 28.0. The standard InChI is InChI=1S/C20H27NO9.ClH/c1-20(2,3)30-19(25)21(4)10-14(22)13-7-8-15(28-11-17(23)26-5)16(9-13)29-12-18(24)27-6;/h7-9H,10-12H2,1-6H3;1H. The van der Waals surface area contributed by atoms with Crippen LogP contribution in [0, 0.1) is 0 Å². The molecule has 0 aliphatic heterocycles. The molecule has 0 saturated heterocycles. The molecule has 0 aliphatic carbocycles. The number of benzene rings is 1. The van der Waals surface area contributed by atoms with Gasteiger partial charge in [0.15, 0.2) is 30.5 Å². The Hall–Kier alpha value is -3.01. The SMILES string of the molecule is COC(=O)COc1ccc(C(=O)CN(C)C(=O)OC(C)(C)C)cc1OCC(=O)OC.Cl. The maximum absolute atomic E-state index is 12.6. The van der Waals surface area contributed by atoms with Crippen molar-refractivity contribution in [3.63, 3.8) is 0 Å². The quantitative estimate of drug-likeness (QED) is 0.310. The van der Waals surface area contributed by atoms with Crippen LogP contribution in [0.25, 0.3) is 0 Å². The Bertz CT molecular complexity index is 789. The van der Waals surface area contributed by atoms with Gasteiger partial charge in [-0.05, 0) is 39.0 Å². The van der Waals surface area contributed by atoms with E-state index in [1.165, 1.54) is 39.5 Å². The molecule has 0 fully saturated rings. The number of likely N-dealkylation sites (N-methyl/N-ethyl adjacent to an activating group) is 1. The number of Topliss-reactive ketones (excluding diaryl/α,β-unsaturated/α-hetero) is 1. The molecule has 0 unspecified atom stereocenters. The van der Waals surface area contributed by atoms with Gasteiger partial charge in [-0.2, -0.15) is 0 Å². The summed E-state index contributed by atoms with van der Waals surface area (Å²) in [5.41, 5.74) is -0.488. The van der Waals surface area contributed by atoms with Gasteiger partial charge >= 0.3 is 18.0 Å². The van der Waals surface area contributed by atoms with E-state index in [1.807, 2.05) is 0 Å². The highest BCUT2D eigenvalue weighted by molar-refractivity contribution is 5.99. The molecule has 174 valence electrons. The normalized spacial score (nSPS) is 10.3. The van der Waals surface area contributed by atoms with Crippen LogP contribution in [-0.2, 0) is 23.8 Å². The Kier molecular flexibility index (Phi) is 11.4. The van der Waals surface area contributed by atoms with E-state index in [2.05, 4.69) is 9.47 Å². The summed E-state index contributed by atoms with van der Waals surface area (Å²) in [6, 6.07) is 4.21. The molecule has 10 nitrogen and oxygen atoms in total. The van der Waals surface area contributed by atoms with Gasteiger partial charge in [0.05, 0.1) is 20.8 Å². The zero-order valence-corrected chi connectivity index (χ0v) is 19.2. The topological polar surface area (TPSA) is 118 Å². The van der Waals surface area contributed by atoms with Gasteiger partial charge in [0.25, 0.3) is 0 Å². The van der Waals surface area contributed by atoms with Crippen molar-refractivity contribution in [1.29, 1.82) is 0 Å². The Labute approximate surface area is 187 Å². The fraction of sp³-hybridized carbons (Fsp3) is 0.500. The van der Waals surface area contributed by atoms with Crippen molar-refractivity contribution in [3.05, 3.63) is 23.8 Å². The summed E-state index contributed by atoms with van der Waals surface area (Å²) in [6.07, 6.45) is -0.643. The third kappa shape index (κ3) is 10.0. The molecule has 0 spiro atoms. The largest absolute Gasteiger partial charge is 0.478 e. The van der Waals surface area contributed by atoms with Gasteiger partial charge in [-0.15, -0.1) is 12.4 Å². The highest BCUT2D eigenvalue weighted by Gasteiger charge is 2.22. The van der Waals surface area contributed by atoms with E-state index in [0.717, 1.165) is 4.90 Å². The van der Waals surface area contributed by atoms with E-state index < -0.39 is 36.0 Å². The van der Waals surface area contributed by atoms with Crippen LogP contribution in [0.2, 0.25) is 0 Å². The van der Waals surface area contributed by atoms with Crippen molar-refractivity contribution < 1.29 is 42.9 Å². The summed E-state index contributed by atoms with van der Waals surface area (Å²) in [6.45, 7) is 4.10. The lowest BCUT2D eigenvalue weighted by molar-refractivity contribution is -0.144. The summed E-state index contributed by atoms with van der Waals surface area (Å²) in [5, 5.41) is 0. The Morgan fingerprint density at radius 3 is 1.90 bits per heavy atom. The third-order valence-electron chi connectivity index (χ3n) is 3.50. The number of nitrogens with zero attached hydrogens (tertiary/aromatic N) is 1. The number of hydrogen-bond donors (Lipinski definition) is 0. The maximum atomic E-state index is 12.6. The van der Waals surface area contributed by atoms with Crippen LogP contribution >= 0.6 is 12.4 Å². The average molecular weight is 462 g/mol. The summed E-state index contributed by atoms with van der Waals surface area (Å²) >= 11 is 0. The van der Waals surface area contributed by atoms with E-state index >= 15 is 0 Å². The zero-order valence-electron chi connectivity index (χ0n) is 18.4. The molecule has 0 saturated carbocycles. The van der Waals surface area contributed by atoms with E-state index in [0.29, 0.717) is 0 Å². The molecule has 0 bridgehead atoms. The number of hydrogen-bond acceptors (Lipinski definition) is 9. The van der Waals surface area contributed by atoms with Gasteiger partial charge < -0.3 is 28.6 Å². The predicted octanol–water partition coefficient (Wildman–Crippen LogP) is 2.26. The molecule has 0 heterocycles. The highest BCUT2D eigenvalue weighted by Crippen LogP contribution is 2.29. The fourth-order valence-electron chi connectivity index (χ4n) is 2.02. The van der Waals surface area contributed by atoms with Crippen LogP contribution in [0.15, 0.2) is 18.2 Å². The Morgan fingerprint density at radius 1 is 0.903 bits per heavy atom. The molecule has 0 atom stereocenters. The Balaban J connectivity index is 0.00000900. The van der Waals surface area contributed by atoms with Crippen molar-refractivity contribution >= 4 is 36.2 Å². The second kappa shape index (κ2) is 12.6. The van der Waals surface area contributed by atoms with Crippen LogP contribution < -0.4 is 9.47 Å². The molecule has 0 aliphatic rings. The minimum atomic E-state index is -0.693. The van der Waals surface area contributed by atoms with Crippen LogP contribution in [-0.4, -0.2) is 75.3 Å². The summed E-state index contributed by atoms with van der Waals surface area (Å²) in [5.74, 6) is -1.48. The van der Waals surface area contributed by atoms with Gasteiger partial charge in [-0.25, -0.2) is 14.4 Å². The molecule has 31 heavy (non-hydrogen) atoms. The van der Waals surface area contributed by atoms with Crippen molar-refractivity contribution in [1.82, 2.24) is 4.90 Å². The van der Waals surface area contributed by atoms with Crippen molar-refractivity contribution in [3.8, 4) is 11.5 Å². The monoisotopic (exact) mass is 461 g/mol. The van der Waals surface area contributed by atoms with Crippen LogP contribution in [0.4, 0.5) is 4.79 Å². The Morgan fingerprint density at radius 2 is 1.42 bits per heavy atom. The number of amides is 1. The number of methoxy groups -OCH3 is 2. The molecular weight excluding hydrogens is 434 g/mol. The summed E-state index contributed by atoms with van der Waals surface area (Å²) in [7, 11) is 3.85. The maximum Gasteiger partial charge on any atom is 0.410 e. The second-order valence-electron chi connectivity index (χ2n) is 7.15. The highest BCUT2D eigenvalue weighted by atomic mass is 35.5. The van der Waals surface area contributed by atoms with Gasteiger partial charge in [0.1, 0.15) is 5.60 Å². The van der Waals surface area contributed by atoms with Crippen LogP contribution in [0.5, 0.6) is 11.5 Å². The fourth-order valence-corrected chi connectivity index (χ4v) is 2.02. The number of ketones is 1. The molecule has 1 aromatic rings. The summed E-state index contributed by atoms with van der Waals surface area (Å²) < 4.78 is 24.9. The van der Waals surface area contributed by atoms with E-state index in [9.17, 15) is 19.2 Å². The second-order valence-corrected chi connectivity index (χ2v) is 7.15. The number of esters is 2. The van der Waals surface area contributed by atoms with Gasteiger partial charge in [-0.3, -0.25) is 4.79 Å². The third-order valence-corrected chi connectivity index (χ3v) is 3.50. The average Bonchev–Trinajstić information content (AvgIpc) is 2.68. The lowest BCUT2D eigenvalue weighted by Gasteiger charge is -2.24. The van der Waals surface area contributed by atoms with E-state index in [-0.39, 0.29) is 42.6 Å². The first-order valence-corrected chi connectivity index (χ1v) is 8.97. The number of carbonyl (C=O) groups is 4. The van der Waals surface area contributed by atoms with Gasteiger partial charge in [0.2, 0.25) is 0 Å². The van der Waals surface area contributed by atoms with Gasteiger partial charge in [0, 0.05) is 12.6 Å². The molecule has 0 N–H and O–H groups in total. The molecule has 1 rings (SSSR count). The van der Waals surface area contributed by atoms with Crippen molar-refractivity contribution in [2.75, 3.05) is 41.0 Å². The van der Waals surface area contributed by atoms with Crippen molar-refractivity contribution in [2.45, 2.75) is 26.4 Å². The van der Waals surface area contributed by atoms with Crippen molar-refractivity contribution in [2.24, 2.45) is 0 Å². The molecule has 1 aromatic carbocycles. The van der Waals surface area contributed by atoms with E-state index in [4.69, 9.17) is 14.2 Å². The summed E-state index contributed by atoms with van der Waals surface area (Å²) in [4.78, 5) is 48.5. The lowest BCUT2D eigenvalue weighted by atomic mass is 10.1. The molecule has 0 aromatic heterocycles. The molecule has 0 radical (unpaired) electrons. The number of ether oxygens (including phenoxy) is 5. The first-order chi connectivity index (χ1) is 14.0. The lowest BCUT2D eigenvalue weighted by Crippen LogP contribution is -2.37. The predicted molar refractivity (Wildman–Crippen MR) is 112 cm³/mol. The molecular formula is C20H28ClNO9. The number of halogens is 1. The minimum Gasteiger partial charge on any atom is -0.478 e. The first-order valence-electron chi connectivity index (χ1n) is 8.97. The van der Waals surface area contributed by atoms with Crippen LogP contribution in [0.1, 0.15) is 31.1 Å². The smallest absolute Gasteiger partial charge is 0.410 e. The van der Waals surface area contributed by atoms with Crippen LogP contribution in [0.3, 0.4) is 0 Å². The minimum absolute atomic E-state index is 0. The molecule has 11 heteroatoms. The number of rotatable bonds is 9. The van der Waals surface area contributed by atoms with Gasteiger partial charge in [-0.1, -0.05) is 0 Å². The van der Waals surface area contributed by atoms with E-state index in [1.54, 1.807) is 20.8 Å². The molecule has 1 amide bonds. The zero-order chi connectivity index (χ0) is 22.9. The number of carbonyl (C=O) groups excluding carboxylic acids is 4.